The lowest BCUT2D eigenvalue weighted by Crippen LogP contribution is -2.35. The van der Waals surface area contributed by atoms with Gasteiger partial charge in [0.15, 0.2) is 0 Å². The van der Waals surface area contributed by atoms with Crippen LogP contribution < -0.4 is 5.32 Å². The van der Waals surface area contributed by atoms with Gasteiger partial charge in [0, 0.05) is 6.42 Å². The first-order chi connectivity index (χ1) is 7.60. The van der Waals surface area contributed by atoms with Gasteiger partial charge in [-0.1, -0.05) is 39.5 Å². The van der Waals surface area contributed by atoms with Crippen molar-refractivity contribution in [3.05, 3.63) is 24.3 Å². The standard InChI is InChI=1S/C13H21NO2/c1-5-9-10(6-2)11(7-3)13(16)14-12(15)8-4/h6,9,11H,2,5,7-8H2,1,3-4H3,(H,14,15,16)/b10-9+. The maximum Gasteiger partial charge on any atom is 0.234 e. The van der Waals surface area contributed by atoms with Crippen LogP contribution in [-0.2, 0) is 9.59 Å². The Balaban J connectivity index is 4.71. The summed E-state index contributed by atoms with van der Waals surface area (Å²) in [7, 11) is 0. The SMILES string of the molecule is C=C/C(=C\CC)C(CC)C(=O)NC(=O)CC. The molecule has 3 heteroatoms. The lowest BCUT2D eigenvalue weighted by atomic mass is 9.94. The van der Waals surface area contributed by atoms with Crippen molar-refractivity contribution >= 4 is 11.8 Å². The highest BCUT2D eigenvalue weighted by Gasteiger charge is 2.20. The van der Waals surface area contributed by atoms with Crippen molar-refractivity contribution in [3.8, 4) is 0 Å². The van der Waals surface area contributed by atoms with Gasteiger partial charge in [-0.2, -0.15) is 0 Å². The maximum atomic E-state index is 11.8. The van der Waals surface area contributed by atoms with Crippen LogP contribution in [0.2, 0.25) is 0 Å². The topological polar surface area (TPSA) is 46.2 Å². The van der Waals surface area contributed by atoms with Crippen LogP contribution in [0.25, 0.3) is 0 Å². The molecule has 0 rings (SSSR count). The smallest absolute Gasteiger partial charge is 0.234 e. The minimum atomic E-state index is -0.270. The second kappa shape index (κ2) is 7.85. The Bertz CT molecular complexity index is 292. The van der Waals surface area contributed by atoms with Crippen LogP contribution in [0.1, 0.15) is 40.0 Å². The second-order valence-corrected chi connectivity index (χ2v) is 3.54. The summed E-state index contributed by atoms with van der Waals surface area (Å²) in [5.41, 5.74) is 0.895. The predicted molar refractivity (Wildman–Crippen MR) is 65.8 cm³/mol. The minimum absolute atomic E-state index is 0.228. The van der Waals surface area contributed by atoms with Crippen molar-refractivity contribution in [1.29, 1.82) is 0 Å². The van der Waals surface area contributed by atoms with Crippen LogP contribution >= 0.6 is 0 Å². The molecule has 2 amide bonds. The molecule has 0 aromatic heterocycles. The minimum Gasteiger partial charge on any atom is -0.296 e. The van der Waals surface area contributed by atoms with Gasteiger partial charge in [0.1, 0.15) is 0 Å². The molecule has 0 aromatic rings. The Morgan fingerprint density at radius 3 is 2.31 bits per heavy atom. The molecule has 16 heavy (non-hydrogen) atoms. The van der Waals surface area contributed by atoms with Gasteiger partial charge in [0.05, 0.1) is 5.92 Å². The van der Waals surface area contributed by atoms with Crippen LogP contribution in [0.5, 0.6) is 0 Å². The molecular formula is C13H21NO2. The van der Waals surface area contributed by atoms with Gasteiger partial charge in [-0.3, -0.25) is 14.9 Å². The molecule has 1 atom stereocenters. The van der Waals surface area contributed by atoms with E-state index in [-0.39, 0.29) is 17.7 Å². The number of imide groups is 1. The lowest BCUT2D eigenvalue weighted by molar-refractivity contribution is -0.131. The molecular weight excluding hydrogens is 202 g/mol. The zero-order valence-corrected chi connectivity index (χ0v) is 10.4. The van der Waals surface area contributed by atoms with E-state index in [9.17, 15) is 9.59 Å². The summed E-state index contributed by atoms with van der Waals surface area (Å²) in [6.45, 7) is 9.35. The van der Waals surface area contributed by atoms with E-state index in [0.717, 1.165) is 12.0 Å². The van der Waals surface area contributed by atoms with Crippen LogP contribution in [0.15, 0.2) is 24.3 Å². The fourth-order valence-corrected chi connectivity index (χ4v) is 1.49. The molecule has 0 heterocycles. The molecule has 0 spiro atoms. The van der Waals surface area contributed by atoms with E-state index in [1.165, 1.54) is 0 Å². The van der Waals surface area contributed by atoms with Crippen molar-refractivity contribution in [3.63, 3.8) is 0 Å². The van der Waals surface area contributed by atoms with E-state index in [2.05, 4.69) is 11.9 Å². The highest BCUT2D eigenvalue weighted by atomic mass is 16.2. The maximum absolute atomic E-state index is 11.8. The largest absolute Gasteiger partial charge is 0.296 e. The Kier molecular flexibility index (Phi) is 7.18. The molecule has 0 aliphatic rings. The number of nitrogens with one attached hydrogen (secondary N) is 1. The summed E-state index contributed by atoms with van der Waals surface area (Å²) in [5, 5.41) is 2.39. The molecule has 1 N–H and O–H groups in total. The van der Waals surface area contributed by atoms with Gasteiger partial charge in [-0.15, -0.1) is 0 Å². The molecule has 0 saturated carbocycles. The molecule has 0 fully saturated rings. The molecule has 3 nitrogen and oxygen atoms in total. The molecule has 0 aromatic carbocycles. The average Bonchev–Trinajstić information content (AvgIpc) is 2.28. The van der Waals surface area contributed by atoms with Crippen LogP contribution in [0.4, 0.5) is 0 Å². The van der Waals surface area contributed by atoms with E-state index >= 15 is 0 Å². The Morgan fingerprint density at radius 1 is 1.31 bits per heavy atom. The van der Waals surface area contributed by atoms with Crippen molar-refractivity contribution in [1.82, 2.24) is 5.32 Å². The number of rotatable bonds is 6. The summed E-state index contributed by atoms with van der Waals surface area (Å²) >= 11 is 0. The van der Waals surface area contributed by atoms with E-state index in [0.29, 0.717) is 12.8 Å². The average molecular weight is 223 g/mol. The fourth-order valence-electron chi connectivity index (χ4n) is 1.49. The normalized spacial score (nSPS) is 13.1. The third-order valence-electron chi connectivity index (χ3n) is 2.39. The summed E-state index contributed by atoms with van der Waals surface area (Å²) in [4.78, 5) is 22.9. The molecule has 0 radical (unpaired) electrons. The predicted octanol–water partition coefficient (Wildman–Crippen LogP) is 2.59. The summed E-state index contributed by atoms with van der Waals surface area (Å²) < 4.78 is 0. The summed E-state index contributed by atoms with van der Waals surface area (Å²) in [6.07, 6.45) is 5.50. The van der Waals surface area contributed by atoms with Gasteiger partial charge in [-0.25, -0.2) is 0 Å². The first-order valence-electron chi connectivity index (χ1n) is 5.76. The summed E-state index contributed by atoms with van der Waals surface area (Å²) in [5.74, 6) is -0.731. The van der Waals surface area contributed by atoms with Crippen molar-refractivity contribution in [2.24, 2.45) is 5.92 Å². The quantitative estimate of drug-likeness (QED) is 0.703. The van der Waals surface area contributed by atoms with Gasteiger partial charge in [-0.05, 0) is 18.4 Å². The van der Waals surface area contributed by atoms with Gasteiger partial charge in [0.25, 0.3) is 0 Å². The Morgan fingerprint density at radius 2 is 1.94 bits per heavy atom. The summed E-state index contributed by atoms with van der Waals surface area (Å²) in [6, 6.07) is 0. The Labute approximate surface area is 97.6 Å². The highest BCUT2D eigenvalue weighted by Crippen LogP contribution is 2.17. The zero-order valence-electron chi connectivity index (χ0n) is 10.4. The number of allylic oxidation sites excluding steroid dienone is 2. The first-order valence-corrected chi connectivity index (χ1v) is 5.76. The number of carbonyl (C=O) groups is 2. The third-order valence-corrected chi connectivity index (χ3v) is 2.39. The van der Waals surface area contributed by atoms with Crippen LogP contribution in [-0.4, -0.2) is 11.8 Å². The molecule has 0 saturated heterocycles. The molecule has 0 bridgehead atoms. The van der Waals surface area contributed by atoms with Gasteiger partial charge < -0.3 is 0 Å². The Hall–Kier alpha value is -1.38. The number of hydrogen-bond acceptors (Lipinski definition) is 2. The molecule has 1 unspecified atom stereocenters. The van der Waals surface area contributed by atoms with E-state index in [1.54, 1.807) is 13.0 Å². The van der Waals surface area contributed by atoms with Crippen molar-refractivity contribution in [2.75, 3.05) is 0 Å². The van der Waals surface area contributed by atoms with E-state index in [1.807, 2.05) is 19.9 Å². The van der Waals surface area contributed by atoms with Crippen molar-refractivity contribution in [2.45, 2.75) is 40.0 Å². The number of hydrogen-bond donors (Lipinski definition) is 1. The van der Waals surface area contributed by atoms with Crippen LogP contribution in [0, 0.1) is 5.92 Å². The molecule has 0 aliphatic heterocycles. The third kappa shape index (κ3) is 4.43. The first kappa shape index (κ1) is 14.6. The van der Waals surface area contributed by atoms with Crippen molar-refractivity contribution < 1.29 is 9.59 Å². The molecule has 0 aliphatic carbocycles. The fraction of sp³-hybridized carbons (Fsp3) is 0.538. The second-order valence-electron chi connectivity index (χ2n) is 3.54. The van der Waals surface area contributed by atoms with E-state index < -0.39 is 0 Å². The number of carbonyl (C=O) groups excluding carboxylic acids is 2. The lowest BCUT2D eigenvalue weighted by Gasteiger charge is -2.15. The van der Waals surface area contributed by atoms with Crippen LogP contribution in [0.3, 0.4) is 0 Å². The van der Waals surface area contributed by atoms with Gasteiger partial charge >= 0.3 is 0 Å². The highest BCUT2D eigenvalue weighted by molar-refractivity contribution is 5.97. The zero-order chi connectivity index (χ0) is 12.6. The molecule has 90 valence electrons. The van der Waals surface area contributed by atoms with E-state index in [4.69, 9.17) is 0 Å². The van der Waals surface area contributed by atoms with Gasteiger partial charge in [0.2, 0.25) is 11.8 Å². The monoisotopic (exact) mass is 223 g/mol. The number of amides is 2.